The van der Waals surface area contributed by atoms with Gasteiger partial charge in [-0.1, -0.05) is 176 Å². The molecule has 3 heterocycles. The molecule has 10 aromatic carbocycles. The normalized spacial score (nSPS) is 11.9. The van der Waals surface area contributed by atoms with Gasteiger partial charge in [0.25, 0.3) is 0 Å². The summed E-state index contributed by atoms with van der Waals surface area (Å²) < 4.78 is 4.94. The van der Waals surface area contributed by atoms with E-state index in [4.69, 9.17) is 9.97 Å². The second kappa shape index (κ2) is 13.6. The first-order valence-corrected chi connectivity index (χ1v) is 21.2. The summed E-state index contributed by atoms with van der Waals surface area (Å²) in [7, 11) is 0. The van der Waals surface area contributed by atoms with E-state index in [-0.39, 0.29) is 0 Å². The van der Waals surface area contributed by atoms with Crippen molar-refractivity contribution in [2.24, 2.45) is 0 Å². The zero-order valence-corrected chi connectivity index (χ0v) is 33.6. The molecule has 0 atom stereocenters. The molecule has 0 aliphatic carbocycles. The Morgan fingerprint density at radius 1 is 0.323 bits per heavy atom. The fourth-order valence-electron chi connectivity index (χ4n) is 9.95. The number of benzene rings is 10. The molecule has 0 spiro atoms. The molecule has 0 amide bonds. The first-order valence-electron chi connectivity index (χ1n) is 21.2. The van der Waals surface area contributed by atoms with E-state index in [1.165, 1.54) is 48.9 Å². The molecule has 0 radical (unpaired) electrons. The lowest BCUT2D eigenvalue weighted by atomic mass is 9.95. The highest BCUT2D eigenvalue weighted by atomic mass is 15.0. The largest absolute Gasteiger partial charge is 0.309 e. The molecule has 0 saturated heterocycles. The summed E-state index contributed by atoms with van der Waals surface area (Å²) in [6.07, 6.45) is 0. The molecule has 4 heteroatoms. The number of fused-ring (bicyclic) bond motifs is 10. The Morgan fingerprint density at radius 2 is 0.935 bits per heavy atom. The van der Waals surface area contributed by atoms with Crippen LogP contribution in [-0.2, 0) is 0 Å². The van der Waals surface area contributed by atoms with Crippen molar-refractivity contribution >= 4 is 76.2 Å². The number of hydrogen-bond donors (Lipinski definition) is 0. The van der Waals surface area contributed by atoms with E-state index in [1.54, 1.807) is 0 Å². The predicted molar refractivity (Wildman–Crippen MR) is 260 cm³/mol. The van der Waals surface area contributed by atoms with Crippen LogP contribution in [0, 0.1) is 0 Å². The number of para-hydroxylation sites is 3. The van der Waals surface area contributed by atoms with Gasteiger partial charge in [0.05, 0.1) is 50.2 Å². The van der Waals surface area contributed by atoms with Crippen LogP contribution in [0.2, 0.25) is 0 Å². The predicted octanol–water partition coefficient (Wildman–Crippen LogP) is 15.1. The summed E-state index contributed by atoms with van der Waals surface area (Å²) in [5.74, 6) is 0. The molecule has 3 aromatic heterocycles. The molecule has 13 aromatic rings. The van der Waals surface area contributed by atoms with Gasteiger partial charge >= 0.3 is 0 Å². The van der Waals surface area contributed by atoms with Gasteiger partial charge in [-0.25, -0.2) is 9.97 Å². The molecule has 0 unspecified atom stereocenters. The number of hydrogen-bond acceptors (Lipinski definition) is 2. The second-order valence-electron chi connectivity index (χ2n) is 16.1. The minimum atomic E-state index is 0.863. The summed E-state index contributed by atoms with van der Waals surface area (Å²) in [5, 5.41) is 9.75. The first kappa shape index (κ1) is 34.5. The fraction of sp³-hybridized carbons (Fsp3) is 0. The Balaban J connectivity index is 1.08. The third-order valence-corrected chi connectivity index (χ3v) is 12.7. The van der Waals surface area contributed by atoms with Gasteiger partial charge in [0.1, 0.15) is 0 Å². The van der Waals surface area contributed by atoms with E-state index in [2.05, 4.69) is 215 Å². The minimum absolute atomic E-state index is 0.863. The third kappa shape index (κ3) is 5.14. The average molecular weight is 789 g/mol. The summed E-state index contributed by atoms with van der Waals surface area (Å²) in [4.78, 5) is 10.8. The molecule has 13 rings (SSSR count). The van der Waals surface area contributed by atoms with Crippen LogP contribution in [0.25, 0.3) is 121 Å². The van der Waals surface area contributed by atoms with Crippen molar-refractivity contribution in [1.29, 1.82) is 0 Å². The van der Waals surface area contributed by atoms with Gasteiger partial charge in [0.2, 0.25) is 0 Å². The van der Waals surface area contributed by atoms with Gasteiger partial charge in [0, 0.05) is 54.7 Å². The van der Waals surface area contributed by atoms with Crippen LogP contribution in [0.1, 0.15) is 0 Å². The summed E-state index contributed by atoms with van der Waals surface area (Å²) in [6.45, 7) is 0. The van der Waals surface area contributed by atoms with Crippen LogP contribution in [0.5, 0.6) is 0 Å². The van der Waals surface area contributed by atoms with Gasteiger partial charge in [-0.15, -0.1) is 0 Å². The Bertz CT molecular complexity index is 3900. The van der Waals surface area contributed by atoms with Crippen molar-refractivity contribution in [2.45, 2.75) is 0 Å². The van der Waals surface area contributed by atoms with E-state index in [0.29, 0.717) is 0 Å². The van der Waals surface area contributed by atoms with Crippen LogP contribution in [0.15, 0.2) is 218 Å². The van der Waals surface area contributed by atoms with E-state index >= 15 is 0 Å². The Labute approximate surface area is 357 Å². The second-order valence-corrected chi connectivity index (χ2v) is 16.1. The Kier molecular flexibility index (Phi) is 7.57. The number of aromatic nitrogens is 4. The van der Waals surface area contributed by atoms with Crippen molar-refractivity contribution in [3.05, 3.63) is 218 Å². The maximum atomic E-state index is 5.49. The zero-order chi connectivity index (χ0) is 40.7. The smallest absolute Gasteiger partial charge is 0.0973 e. The third-order valence-electron chi connectivity index (χ3n) is 12.7. The quantitative estimate of drug-likeness (QED) is 0.174. The lowest BCUT2D eigenvalue weighted by Gasteiger charge is -2.17. The molecule has 288 valence electrons. The van der Waals surface area contributed by atoms with Crippen molar-refractivity contribution in [3.8, 4) is 45.0 Å². The van der Waals surface area contributed by atoms with Gasteiger partial charge in [0.15, 0.2) is 0 Å². The molecule has 0 saturated carbocycles. The Morgan fingerprint density at radius 3 is 1.71 bits per heavy atom. The first-order chi connectivity index (χ1) is 30.8. The minimum Gasteiger partial charge on any atom is -0.309 e. The molecule has 62 heavy (non-hydrogen) atoms. The zero-order valence-electron chi connectivity index (χ0n) is 33.6. The van der Waals surface area contributed by atoms with Crippen molar-refractivity contribution in [3.63, 3.8) is 0 Å². The number of nitrogens with zero attached hydrogens (tertiary/aromatic N) is 4. The standard InChI is InChI=1S/C58H36N4/c1-4-18-38(19-5-1)55-56(39-20-6-2-7-21-39)60-57-46(28-16-29-50(57)59-55)43-33-34-52(44-26-13-12-25-42(43)44)62-51-30-15-14-27-45(51)48-35-49-47-32-31-37-17-10-11-24-41(37)58(47)61(53(49)36-54(48)62)40-22-8-3-9-23-40/h1-36H. The van der Waals surface area contributed by atoms with Gasteiger partial charge in [-0.05, 0) is 58.8 Å². The lowest BCUT2D eigenvalue weighted by Crippen LogP contribution is -1.99. The highest BCUT2D eigenvalue weighted by Gasteiger charge is 2.22. The topological polar surface area (TPSA) is 35.6 Å². The Hall–Kier alpha value is -8.34. The van der Waals surface area contributed by atoms with Crippen LogP contribution in [0.4, 0.5) is 0 Å². The van der Waals surface area contributed by atoms with Crippen LogP contribution >= 0.6 is 0 Å². The van der Waals surface area contributed by atoms with Crippen molar-refractivity contribution < 1.29 is 0 Å². The lowest BCUT2D eigenvalue weighted by molar-refractivity contribution is 1.17. The van der Waals surface area contributed by atoms with E-state index in [1.807, 2.05) is 12.1 Å². The molecule has 0 fully saturated rings. The van der Waals surface area contributed by atoms with E-state index in [9.17, 15) is 0 Å². The molecule has 0 bridgehead atoms. The summed E-state index contributed by atoms with van der Waals surface area (Å²) in [5.41, 5.74) is 14.8. The molecule has 0 aliphatic heterocycles. The van der Waals surface area contributed by atoms with Gasteiger partial charge in [-0.2, -0.15) is 0 Å². The molecule has 4 nitrogen and oxygen atoms in total. The maximum absolute atomic E-state index is 5.49. The van der Waals surface area contributed by atoms with Crippen molar-refractivity contribution in [1.82, 2.24) is 19.1 Å². The fourth-order valence-corrected chi connectivity index (χ4v) is 9.95. The highest BCUT2D eigenvalue weighted by molar-refractivity contribution is 6.23. The van der Waals surface area contributed by atoms with Gasteiger partial charge < -0.3 is 9.13 Å². The van der Waals surface area contributed by atoms with Crippen LogP contribution < -0.4 is 0 Å². The summed E-state index contributed by atoms with van der Waals surface area (Å²) in [6, 6.07) is 78.4. The van der Waals surface area contributed by atoms with E-state index < -0.39 is 0 Å². The molecule has 0 N–H and O–H groups in total. The monoisotopic (exact) mass is 788 g/mol. The highest BCUT2D eigenvalue weighted by Crippen LogP contribution is 2.44. The SMILES string of the molecule is c1ccc(-c2nc3cccc(-c4ccc(-n5c6ccccc6c6cc7c8ccc9ccccc9c8n(-c8ccccc8)c7cc65)c5ccccc45)c3nc2-c2ccccc2)cc1. The van der Waals surface area contributed by atoms with Crippen molar-refractivity contribution in [2.75, 3.05) is 0 Å². The molecular formula is C58H36N4. The maximum Gasteiger partial charge on any atom is 0.0973 e. The molecular weight excluding hydrogens is 753 g/mol. The van der Waals surface area contributed by atoms with Crippen LogP contribution in [0.3, 0.4) is 0 Å². The average Bonchev–Trinajstić information content (AvgIpc) is 3.85. The summed E-state index contributed by atoms with van der Waals surface area (Å²) >= 11 is 0. The number of rotatable bonds is 5. The van der Waals surface area contributed by atoms with Gasteiger partial charge in [-0.3, -0.25) is 0 Å². The molecule has 0 aliphatic rings. The van der Waals surface area contributed by atoms with Crippen LogP contribution in [-0.4, -0.2) is 19.1 Å². The van der Waals surface area contributed by atoms with E-state index in [0.717, 1.165) is 72.3 Å².